The van der Waals surface area contributed by atoms with Crippen LogP contribution in [0.25, 0.3) is 0 Å². The molecule has 2 heterocycles. The van der Waals surface area contributed by atoms with Crippen molar-refractivity contribution in [3.63, 3.8) is 0 Å². The lowest BCUT2D eigenvalue weighted by atomic mass is 10.2. The van der Waals surface area contributed by atoms with Crippen molar-refractivity contribution in [1.82, 2.24) is 0 Å². The Morgan fingerprint density at radius 3 is 2.35 bits per heavy atom. The largest absolute Gasteiger partial charge is 0.327 e. The second kappa shape index (κ2) is 7.59. The average molecular weight is 316 g/mol. The van der Waals surface area contributed by atoms with E-state index in [9.17, 15) is 9.59 Å². The highest BCUT2D eigenvalue weighted by Crippen LogP contribution is 2.22. The monoisotopic (exact) mass is 316 g/mol. The van der Waals surface area contributed by atoms with Crippen LogP contribution in [0.4, 0.5) is 11.4 Å². The van der Waals surface area contributed by atoms with Gasteiger partial charge in [0, 0.05) is 24.3 Å². The van der Waals surface area contributed by atoms with Crippen molar-refractivity contribution in [1.29, 1.82) is 0 Å². The molecular weight excluding hydrogens is 290 g/mol. The van der Waals surface area contributed by atoms with Crippen LogP contribution in [0.2, 0.25) is 0 Å². The minimum Gasteiger partial charge on any atom is -0.327 e. The number of amides is 2. The van der Waals surface area contributed by atoms with E-state index in [1.807, 2.05) is 29.2 Å². The zero-order chi connectivity index (χ0) is 16.1. The Labute approximate surface area is 137 Å². The molecule has 0 spiro atoms. The van der Waals surface area contributed by atoms with Crippen LogP contribution < -0.4 is 15.1 Å². The third kappa shape index (κ3) is 4.32. The zero-order valence-corrected chi connectivity index (χ0v) is 13.6. The van der Waals surface area contributed by atoms with Gasteiger partial charge in [-0.3, -0.25) is 9.59 Å². The number of benzene rings is 1. The first-order valence-electron chi connectivity index (χ1n) is 8.76. The SMILES string of the molecule is O=C(C[NH+]1CCCCCC1)Nc1ccc(N2CCCC2=O)cc1. The summed E-state index contributed by atoms with van der Waals surface area (Å²) in [6, 6.07) is 7.60. The topological polar surface area (TPSA) is 53.9 Å². The van der Waals surface area contributed by atoms with Gasteiger partial charge in [0.25, 0.3) is 5.91 Å². The summed E-state index contributed by atoms with van der Waals surface area (Å²) in [5, 5.41) is 2.98. The molecule has 23 heavy (non-hydrogen) atoms. The molecule has 3 rings (SSSR count). The Bertz CT molecular complexity index is 548. The molecule has 0 atom stereocenters. The van der Waals surface area contributed by atoms with Crippen molar-refractivity contribution in [2.45, 2.75) is 38.5 Å². The summed E-state index contributed by atoms with van der Waals surface area (Å²) in [6.45, 7) is 3.54. The van der Waals surface area contributed by atoms with Gasteiger partial charge in [0.2, 0.25) is 5.91 Å². The smallest absolute Gasteiger partial charge is 0.279 e. The number of hydrogen-bond acceptors (Lipinski definition) is 2. The molecule has 0 aromatic heterocycles. The van der Waals surface area contributed by atoms with Gasteiger partial charge >= 0.3 is 0 Å². The summed E-state index contributed by atoms with van der Waals surface area (Å²) >= 11 is 0. The number of quaternary nitrogens is 1. The maximum absolute atomic E-state index is 12.2. The molecule has 0 radical (unpaired) electrons. The summed E-state index contributed by atoms with van der Waals surface area (Å²) in [4.78, 5) is 27.1. The first kappa shape index (κ1) is 16.0. The number of anilines is 2. The van der Waals surface area contributed by atoms with Crippen LogP contribution in [0.1, 0.15) is 38.5 Å². The van der Waals surface area contributed by atoms with Crippen LogP contribution >= 0.6 is 0 Å². The Morgan fingerprint density at radius 2 is 1.74 bits per heavy atom. The highest BCUT2D eigenvalue weighted by molar-refractivity contribution is 5.96. The van der Waals surface area contributed by atoms with Crippen LogP contribution in [0.3, 0.4) is 0 Å². The molecule has 0 unspecified atom stereocenters. The first-order chi connectivity index (χ1) is 11.2. The minimum atomic E-state index is 0.0758. The first-order valence-corrected chi connectivity index (χ1v) is 8.76. The predicted molar refractivity (Wildman–Crippen MR) is 90.7 cm³/mol. The third-order valence-corrected chi connectivity index (χ3v) is 4.76. The number of carbonyl (C=O) groups is 2. The molecule has 2 aliphatic rings. The fourth-order valence-electron chi connectivity index (χ4n) is 3.48. The summed E-state index contributed by atoms with van der Waals surface area (Å²) in [5.41, 5.74) is 1.73. The summed E-state index contributed by atoms with van der Waals surface area (Å²) in [7, 11) is 0. The van der Waals surface area contributed by atoms with Gasteiger partial charge in [-0.2, -0.15) is 0 Å². The molecular formula is C18H26N3O2+. The number of likely N-dealkylation sites (tertiary alicyclic amines) is 1. The zero-order valence-electron chi connectivity index (χ0n) is 13.6. The van der Waals surface area contributed by atoms with Gasteiger partial charge in [-0.1, -0.05) is 0 Å². The second-order valence-corrected chi connectivity index (χ2v) is 6.58. The fourth-order valence-corrected chi connectivity index (χ4v) is 3.48. The third-order valence-electron chi connectivity index (χ3n) is 4.76. The number of nitrogens with zero attached hydrogens (tertiary/aromatic N) is 1. The molecule has 0 bridgehead atoms. The quantitative estimate of drug-likeness (QED) is 0.877. The standard InChI is InChI=1S/C18H25N3O2/c22-17(14-20-11-3-1-2-4-12-20)19-15-7-9-16(10-8-15)21-13-5-6-18(21)23/h7-10H,1-6,11-14H2,(H,19,22)/p+1. The van der Waals surface area contributed by atoms with Crippen LogP contribution in [-0.4, -0.2) is 38.0 Å². The molecule has 2 amide bonds. The van der Waals surface area contributed by atoms with Crippen molar-refractivity contribution < 1.29 is 14.5 Å². The Hall–Kier alpha value is -1.88. The second-order valence-electron chi connectivity index (χ2n) is 6.58. The van der Waals surface area contributed by atoms with E-state index in [2.05, 4.69) is 5.32 Å². The van der Waals surface area contributed by atoms with Crippen LogP contribution in [-0.2, 0) is 9.59 Å². The van der Waals surface area contributed by atoms with E-state index >= 15 is 0 Å². The Morgan fingerprint density at radius 1 is 1.04 bits per heavy atom. The number of rotatable bonds is 4. The number of nitrogens with one attached hydrogen (secondary N) is 2. The van der Waals surface area contributed by atoms with Gasteiger partial charge in [0.05, 0.1) is 13.1 Å². The lowest BCUT2D eigenvalue weighted by Gasteiger charge is -2.17. The maximum Gasteiger partial charge on any atom is 0.279 e. The minimum absolute atomic E-state index is 0.0758. The van der Waals surface area contributed by atoms with Gasteiger partial charge in [-0.15, -0.1) is 0 Å². The lowest BCUT2D eigenvalue weighted by Crippen LogP contribution is -3.12. The van der Waals surface area contributed by atoms with E-state index in [0.29, 0.717) is 13.0 Å². The van der Waals surface area contributed by atoms with E-state index in [0.717, 1.165) is 37.4 Å². The molecule has 2 fully saturated rings. The van der Waals surface area contributed by atoms with Gasteiger partial charge in [0.15, 0.2) is 6.54 Å². The van der Waals surface area contributed by atoms with Crippen molar-refractivity contribution in [3.8, 4) is 0 Å². The number of hydrogen-bond donors (Lipinski definition) is 2. The molecule has 2 saturated heterocycles. The highest BCUT2D eigenvalue weighted by Gasteiger charge is 2.21. The molecule has 2 aliphatic heterocycles. The van der Waals surface area contributed by atoms with Crippen molar-refractivity contribution >= 4 is 23.2 Å². The highest BCUT2D eigenvalue weighted by atomic mass is 16.2. The fraction of sp³-hybridized carbons (Fsp3) is 0.556. The van der Waals surface area contributed by atoms with Gasteiger partial charge in [-0.05, 0) is 56.4 Å². The van der Waals surface area contributed by atoms with Crippen molar-refractivity contribution in [3.05, 3.63) is 24.3 Å². The van der Waals surface area contributed by atoms with Crippen molar-refractivity contribution in [2.24, 2.45) is 0 Å². The molecule has 2 N–H and O–H groups in total. The maximum atomic E-state index is 12.2. The van der Waals surface area contributed by atoms with Crippen LogP contribution in [0.5, 0.6) is 0 Å². The molecule has 0 aliphatic carbocycles. The molecule has 1 aromatic rings. The van der Waals surface area contributed by atoms with E-state index in [4.69, 9.17) is 0 Å². The lowest BCUT2D eigenvalue weighted by molar-refractivity contribution is -0.890. The number of carbonyl (C=O) groups excluding carboxylic acids is 2. The summed E-state index contributed by atoms with van der Waals surface area (Å²) in [5.74, 6) is 0.262. The predicted octanol–water partition coefficient (Wildman–Crippen LogP) is 1.21. The van der Waals surface area contributed by atoms with Gasteiger partial charge < -0.3 is 15.1 Å². The van der Waals surface area contributed by atoms with Gasteiger partial charge in [-0.25, -0.2) is 0 Å². The molecule has 124 valence electrons. The van der Waals surface area contributed by atoms with E-state index < -0.39 is 0 Å². The normalized spacial score (nSPS) is 19.7. The Balaban J connectivity index is 1.53. The van der Waals surface area contributed by atoms with Crippen molar-refractivity contribution in [2.75, 3.05) is 36.4 Å². The van der Waals surface area contributed by atoms with E-state index in [1.54, 1.807) is 0 Å². The summed E-state index contributed by atoms with van der Waals surface area (Å²) in [6.07, 6.45) is 6.60. The van der Waals surface area contributed by atoms with Gasteiger partial charge in [0.1, 0.15) is 0 Å². The van der Waals surface area contributed by atoms with E-state index in [-0.39, 0.29) is 11.8 Å². The molecule has 5 heteroatoms. The molecule has 5 nitrogen and oxygen atoms in total. The summed E-state index contributed by atoms with van der Waals surface area (Å²) < 4.78 is 0. The Kier molecular flexibility index (Phi) is 5.28. The van der Waals surface area contributed by atoms with E-state index in [1.165, 1.54) is 30.6 Å². The van der Waals surface area contributed by atoms with Crippen LogP contribution in [0.15, 0.2) is 24.3 Å². The van der Waals surface area contributed by atoms with Crippen LogP contribution in [0, 0.1) is 0 Å². The molecule has 0 saturated carbocycles. The average Bonchev–Trinajstić information content (AvgIpc) is 2.81. The molecule has 1 aromatic carbocycles.